The van der Waals surface area contributed by atoms with Crippen molar-refractivity contribution < 1.29 is 8.78 Å². The van der Waals surface area contributed by atoms with Crippen LogP contribution in [-0.4, -0.2) is 22.2 Å². The summed E-state index contributed by atoms with van der Waals surface area (Å²) in [7, 11) is 0. The van der Waals surface area contributed by atoms with Gasteiger partial charge in [-0.15, -0.1) is 0 Å². The van der Waals surface area contributed by atoms with E-state index in [0.29, 0.717) is 5.69 Å². The molecule has 5 heteroatoms. The Labute approximate surface area is 69.0 Å². The minimum absolute atomic E-state index is 0.102. The van der Waals surface area contributed by atoms with Crippen LogP contribution >= 0.6 is 0 Å². The van der Waals surface area contributed by atoms with Crippen LogP contribution in [0.2, 0.25) is 0 Å². The van der Waals surface area contributed by atoms with Crippen LogP contribution in [0.4, 0.5) is 8.78 Å². The third kappa shape index (κ3) is 2.01. The lowest BCUT2D eigenvalue weighted by Crippen LogP contribution is -2.45. The van der Waals surface area contributed by atoms with Crippen molar-refractivity contribution in [2.75, 3.05) is 0 Å². The van der Waals surface area contributed by atoms with Crippen molar-refractivity contribution in [2.45, 2.75) is 25.3 Å². The molecule has 0 saturated carbocycles. The van der Waals surface area contributed by atoms with E-state index in [1.54, 1.807) is 6.07 Å². The highest BCUT2D eigenvalue weighted by atomic mass is 19.3. The molecule has 1 heterocycles. The smallest absolute Gasteiger partial charge is 0.256 e. The quantitative estimate of drug-likeness (QED) is 0.718. The van der Waals surface area contributed by atoms with E-state index >= 15 is 0 Å². The monoisotopic (exact) mass is 175 g/mol. The zero-order chi connectivity index (χ0) is 9.19. The zero-order valence-corrected chi connectivity index (χ0v) is 6.72. The highest BCUT2D eigenvalue weighted by Crippen LogP contribution is 2.16. The Hall–Kier alpha value is -0.970. The number of hydrogen-bond acceptors (Lipinski definition) is 2. The van der Waals surface area contributed by atoms with Gasteiger partial charge in [-0.25, -0.2) is 8.78 Å². The average Bonchev–Trinajstić information content (AvgIpc) is 2.38. The molecule has 0 radical (unpaired) electrons. The number of alkyl halides is 2. The second kappa shape index (κ2) is 3.18. The first-order chi connectivity index (χ1) is 5.52. The van der Waals surface area contributed by atoms with Crippen LogP contribution in [0.15, 0.2) is 12.3 Å². The van der Waals surface area contributed by atoms with Crippen molar-refractivity contribution in [2.24, 2.45) is 5.73 Å². The Kier molecular flexibility index (Phi) is 2.42. The second-order valence-electron chi connectivity index (χ2n) is 3.07. The average molecular weight is 175 g/mol. The third-order valence-corrected chi connectivity index (χ3v) is 1.63. The largest absolute Gasteiger partial charge is 0.320 e. The standard InChI is InChI=1S/C7H11F2N3/c1-7(10,6(8)9)4-5-2-3-11-12-5/h2-3,6H,4,10H2,1H3,(H,11,12). The summed E-state index contributed by atoms with van der Waals surface area (Å²) in [6.07, 6.45) is -0.914. The number of aromatic amines is 1. The number of hydrogen-bond donors (Lipinski definition) is 2. The molecule has 0 aliphatic carbocycles. The van der Waals surface area contributed by atoms with Crippen LogP contribution in [0, 0.1) is 0 Å². The number of nitrogens with one attached hydrogen (secondary N) is 1. The van der Waals surface area contributed by atoms with Crippen LogP contribution in [0.25, 0.3) is 0 Å². The number of nitrogens with zero attached hydrogens (tertiary/aromatic N) is 1. The molecule has 1 rings (SSSR count). The van der Waals surface area contributed by atoms with E-state index in [2.05, 4.69) is 10.2 Å². The molecule has 0 fully saturated rings. The van der Waals surface area contributed by atoms with Crippen LogP contribution in [0.1, 0.15) is 12.6 Å². The Balaban J connectivity index is 2.62. The molecule has 68 valence electrons. The molecule has 0 aliphatic heterocycles. The molecular weight excluding hydrogens is 164 g/mol. The SMILES string of the molecule is CC(N)(Cc1ccn[nH]1)C(F)F. The van der Waals surface area contributed by atoms with Crippen molar-refractivity contribution in [1.82, 2.24) is 10.2 Å². The molecular formula is C7H11F2N3. The number of aromatic nitrogens is 2. The summed E-state index contributed by atoms with van der Waals surface area (Å²) >= 11 is 0. The Morgan fingerprint density at radius 1 is 1.75 bits per heavy atom. The van der Waals surface area contributed by atoms with Crippen LogP contribution < -0.4 is 5.73 Å². The molecule has 0 aliphatic rings. The topological polar surface area (TPSA) is 54.7 Å². The maximum atomic E-state index is 12.2. The van der Waals surface area contributed by atoms with E-state index in [1.807, 2.05) is 0 Å². The maximum Gasteiger partial charge on any atom is 0.256 e. The number of H-pyrrole nitrogens is 1. The summed E-state index contributed by atoms with van der Waals surface area (Å²) in [6, 6.07) is 1.63. The fraction of sp³-hybridized carbons (Fsp3) is 0.571. The van der Waals surface area contributed by atoms with Crippen molar-refractivity contribution >= 4 is 0 Å². The van der Waals surface area contributed by atoms with E-state index < -0.39 is 12.0 Å². The number of rotatable bonds is 3. The van der Waals surface area contributed by atoms with Gasteiger partial charge in [0.15, 0.2) is 0 Å². The summed E-state index contributed by atoms with van der Waals surface area (Å²) in [5.74, 6) is 0. The van der Waals surface area contributed by atoms with Crippen molar-refractivity contribution in [1.29, 1.82) is 0 Å². The maximum absolute atomic E-state index is 12.2. The summed E-state index contributed by atoms with van der Waals surface area (Å²) in [5.41, 5.74) is 4.50. The lowest BCUT2D eigenvalue weighted by Gasteiger charge is -2.22. The van der Waals surface area contributed by atoms with Gasteiger partial charge in [0, 0.05) is 18.3 Å². The summed E-state index contributed by atoms with van der Waals surface area (Å²) in [5, 5.41) is 6.23. The Morgan fingerprint density at radius 2 is 2.42 bits per heavy atom. The molecule has 0 bridgehead atoms. The molecule has 0 amide bonds. The highest BCUT2D eigenvalue weighted by Gasteiger charge is 2.30. The van der Waals surface area contributed by atoms with E-state index in [0.717, 1.165) is 0 Å². The molecule has 1 aromatic heterocycles. The van der Waals surface area contributed by atoms with E-state index in [4.69, 9.17) is 5.73 Å². The summed E-state index contributed by atoms with van der Waals surface area (Å²) < 4.78 is 24.5. The van der Waals surface area contributed by atoms with Crippen molar-refractivity contribution in [3.8, 4) is 0 Å². The van der Waals surface area contributed by atoms with Gasteiger partial charge in [-0.2, -0.15) is 5.10 Å². The molecule has 12 heavy (non-hydrogen) atoms. The number of halogens is 2. The fourth-order valence-corrected chi connectivity index (χ4v) is 0.871. The molecule has 3 nitrogen and oxygen atoms in total. The predicted molar refractivity (Wildman–Crippen MR) is 40.9 cm³/mol. The molecule has 1 aromatic rings. The zero-order valence-electron chi connectivity index (χ0n) is 6.72. The van der Waals surface area contributed by atoms with Gasteiger partial charge < -0.3 is 5.73 Å². The first-order valence-corrected chi connectivity index (χ1v) is 3.57. The molecule has 0 saturated heterocycles. The minimum atomic E-state index is -2.53. The second-order valence-corrected chi connectivity index (χ2v) is 3.07. The molecule has 1 atom stereocenters. The number of nitrogens with two attached hydrogens (primary N) is 1. The van der Waals surface area contributed by atoms with Crippen molar-refractivity contribution in [3.63, 3.8) is 0 Å². The normalized spacial score (nSPS) is 16.4. The molecule has 3 N–H and O–H groups in total. The van der Waals surface area contributed by atoms with E-state index in [-0.39, 0.29) is 6.42 Å². The lowest BCUT2D eigenvalue weighted by molar-refractivity contribution is 0.0634. The van der Waals surface area contributed by atoms with Gasteiger partial charge in [0.1, 0.15) is 0 Å². The first kappa shape index (κ1) is 9.12. The summed E-state index contributed by atoms with van der Waals surface area (Å²) in [6.45, 7) is 1.32. The molecule has 0 aromatic carbocycles. The Morgan fingerprint density at radius 3 is 2.83 bits per heavy atom. The minimum Gasteiger partial charge on any atom is -0.320 e. The van der Waals surface area contributed by atoms with Gasteiger partial charge in [0.25, 0.3) is 6.43 Å². The van der Waals surface area contributed by atoms with Crippen LogP contribution in [0.3, 0.4) is 0 Å². The first-order valence-electron chi connectivity index (χ1n) is 3.57. The van der Waals surface area contributed by atoms with Crippen LogP contribution in [-0.2, 0) is 6.42 Å². The lowest BCUT2D eigenvalue weighted by atomic mass is 9.98. The molecule has 0 spiro atoms. The van der Waals surface area contributed by atoms with E-state index in [1.165, 1.54) is 13.1 Å². The fourth-order valence-electron chi connectivity index (χ4n) is 0.871. The van der Waals surface area contributed by atoms with Gasteiger partial charge in [0.2, 0.25) is 0 Å². The Bertz CT molecular complexity index is 231. The van der Waals surface area contributed by atoms with Gasteiger partial charge >= 0.3 is 0 Å². The van der Waals surface area contributed by atoms with Gasteiger partial charge in [0.05, 0.1) is 5.54 Å². The van der Waals surface area contributed by atoms with Crippen molar-refractivity contribution in [3.05, 3.63) is 18.0 Å². The van der Waals surface area contributed by atoms with Gasteiger partial charge in [-0.3, -0.25) is 5.10 Å². The van der Waals surface area contributed by atoms with Gasteiger partial charge in [-0.1, -0.05) is 0 Å². The molecule has 1 unspecified atom stereocenters. The van der Waals surface area contributed by atoms with Gasteiger partial charge in [-0.05, 0) is 13.0 Å². The summed E-state index contributed by atoms with van der Waals surface area (Å²) in [4.78, 5) is 0. The third-order valence-electron chi connectivity index (χ3n) is 1.63. The predicted octanol–water partition coefficient (Wildman–Crippen LogP) is 0.935. The van der Waals surface area contributed by atoms with E-state index in [9.17, 15) is 8.78 Å². The van der Waals surface area contributed by atoms with Crippen LogP contribution in [0.5, 0.6) is 0 Å². The highest BCUT2D eigenvalue weighted by molar-refractivity contribution is 5.04.